The summed E-state index contributed by atoms with van der Waals surface area (Å²) < 4.78 is 15.6. The summed E-state index contributed by atoms with van der Waals surface area (Å²) in [6.07, 6.45) is 6.50. The molecule has 1 aliphatic rings. The lowest BCUT2D eigenvalue weighted by molar-refractivity contribution is 0.102. The first-order chi connectivity index (χ1) is 14.7. The molecule has 9 nitrogen and oxygen atoms in total. The molecule has 0 saturated carbocycles. The van der Waals surface area contributed by atoms with Gasteiger partial charge in [0, 0.05) is 43.0 Å². The third-order valence-electron chi connectivity index (χ3n) is 5.40. The van der Waals surface area contributed by atoms with Crippen LogP contribution in [0.3, 0.4) is 0 Å². The molecule has 1 fully saturated rings. The number of nitrogens with zero attached hydrogens (tertiary/aromatic N) is 4. The summed E-state index contributed by atoms with van der Waals surface area (Å²) >= 11 is 0. The number of aromatic amines is 1. The third-order valence-corrected chi connectivity index (χ3v) is 5.40. The predicted molar refractivity (Wildman–Crippen MR) is 111 cm³/mol. The fraction of sp³-hybridized carbons (Fsp3) is 0.300. The fourth-order valence-electron chi connectivity index (χ4n) is 3.72. The van der Waals surface area contributed by atoms with Gasteiger partial charge in [-0.2, -0.15) is 5.10 Å². The Hall–Kier alpha value is -3.53. The highest BCUT2D eigenvalue weighted by Crippen LogP contribution is 2.22. The maximum absolute atomic E-state index is 14.0. The molecule has 10 heteroatoms. The largest absolute Gasteiger partial charge is 0.370 e. The van der Waals surface area contributed by atoms with Crippen molar-refractivity contribution in [3.05, 3.63) is 48.5 Å². The smallest absolute Gasteiger partial charge is 0.261 e. The lowest BCUT2D eigenvalue weighted by Gasteiger charge is -2.26. The molecule has 0 bridgehead atoms. The van der Waals surface area contributed by atoms with Crippen LogP contribution in [0.25, 0.3) is 16.7 Å². The van der Waals surface area contributed by atoms with E-state index in [1.54, 1.807) is 29.2 Å². The van der Waals surface area contributed by atoms with Crippen LogP contribution in [0.2, 0.25) is 0 Å². The first-order valence-electron chi connectivity index (χ1n) is 9.85. The summed E-state index contributed by atoms with van der Waals surface area (Å²) in [5.41, 5.74) is 2.11. The van der Waals surface area contributed by atoms with E-state index in [2.05, 4.69) is 36.0 Å². The molecular weight excluding hydrogens is 387 g/mol. The second-order valence-electron chi connectivity index (χ2n) is 7.35. The first-order valence-corrected chi connectivity index (χ1v) is 9.85. The monoisotopic (exact) mass is 408 g/mol. The van der Waals surface area contributed by atoms with Gasteiger partial charge in [-0.05, 0) is 31.2 Å². The van der Waals surface area contributed by atoms with E-state index in [0.29, 0.717) is 41.5 Å². The van der Waals surface area contributed by atoms with Crippen LogP contribution in [-0.2, 0) is 0 Å². The Kier molecular flexibility index (Phi) is 4.75. The Balaban J connectivity index is 1.35. The van der Waals surface area contributed by atoms with Gasteiger partial charge in [-0.15, -0.1) is 0 Å². The molecule has 0 unspecified atom stereocenters. The molecule has 1 amide bonds. The summed E-state index contributed by atoms with van der Waals surface area (Å²) in [5.74, 6) is 0.202. The number of carbonyl (C=O) groups excluding carboxylic acids is 1. The number of aromatic nitrogens is 5. The van der Waals surface area contributed by atoms with Gasteiger partial charge in [-0.3, -0.25) is 4.79 Å². The maximum Gasteiger partial charge on any atom is 0.261 e. The second kappa shape index (κ2) is 7.71. The molecule has 2 atom stereocenters. The number of rotatable bonds is 5. The number of alkyl halides is 1. The molecular formula is C20H21FN8O. The zero-order valence-electron chi connectivity index (χ0n) is 16.1. The summed E-state index contributed by atoms with van der Waals surface area (Å²) in [6.45, 7) is 1.69. The topological polar surface area (TPSA) is 112 Å². The number of H-pyrrole nitrogens is 1. The van der Waals surface area contributed by atoms with Crippen LogP contribution in [0.15, 0.2) is 43.0 Å². The number of pyridine rings is 1. The van der Waals surface area contributed by atoms with E-state index in [0.717, 1.165) is 18.4 Å². The fourth-order valence-corrected chi connectivity index (χ4v) is 3.72. The normalized spacial score (nSPS) is 19.2. The lowest BCUT2D eigenvalue weighted by Crippen LogP contribution is -2.40. The summed E-state index contributed by atoms with van der Waals surface area (Å²) in [7, 11) is 0. The average molecular weight is 408 g/mol. The highest BCUT2D eigenvalue weighted by Gasteiger charge is 2.24. The molecule has 30 heavy (non-hydrogen) atoms. The van der Waals surface area contributed by atoms with Crippen molar-refractivity contribution in [1.29, 1.82) is 0 Å². The molecule has 0 aromatic carbocycles. The maximum atomic E-state index is 14.0. The van der Waals surface area contributed by atoms with Crippen molar-refractivity contribution in [2.75, 3.05) is 30.3 Å². The molecule has 4 N–H and O–H groups in total. The van der Waals surface area contributed by atoms with Crippen molar-refractivity contribution in [3.63, 3.8) is 0 Å². The van der Waals surface area contributed by atoms with Gasteiger partial charge in [0.2, 0.25) is 0 Å². The highest BCUT2D eigenvalue weighted by atomic mass is 19.1. The van der Waals surface area contributed by atoms with Gasteiger partial charge in [0.05, 0.1) is 11.9 Å². The lowest BCUT2D eigenvalue weighted by atomic mass is 9.96. The van der Waals surface area contributed by atoms with E-state index in [4.69, 9.17) is 0 Å². The minimum atomic E-state index is -0.878. The number of nitrogens with one attached hydrogen (secondary N) is 4. The van der Waals surface area contributed by atoms with E-state index >= 15 is 0 Å². The standard InChI is InChI=1S/C20H21FN8O/c21-15-10-22-6-3-12(15)8-24-17-4-7-29-19(28-17)14(9-26-29)20(30)27-16-11-25-18-13(16)2-1-5-23-18/h1-2,4-5,7,9,11-12,15,22H,3,6,8,10H2,(H,23,25)(H,24,28)(H,27,30)/t12-,15+/m1/s1. The third kappa shape index (κ3) is 3.45. The van der Waals surface area contributed by atoms with Gasteiger partial charge >= 0.3 is 0 Å². The SMILES string of the molecule is O=C(Nc1c[nH]c2ncccc12)c1cnn2ccc(NC[C@H]3CCNC[C@@H]3F)nc12. The van der Waals surface area contributed by atoms with E-state index in [1.165, 1.54) is 6.20 Å². The predicted octanol–water partition coefficient (Wildman–Crippen LogP) is 2.22. The Labute approximate surface area is 171 Å². The van der Waals surface area contributed by atoms with Crippen molar-refractivity contribution in [1.82, 2.24) is 29.9 Å². The molecule has 4 aromatic rings. The van der Waals surface area contributed by atoms with E-state index < -0.39 is 6.17 Å². The second-order valence-corrected chi connectivity index (χ2v) is 7.35. The number of halogens is 1. The van der Waals surface area contributed by atoms with Crippen molar-refractivity contribution >= 4 is 34.1 Å². The summed E-state index contributed by atoms with van der Waals surface area (Å²) in [5, 5.41) is 14.2. The molecule has 0 spiro atoms. The molecule has 0 aliphatic carbocycles. The summed E-state index contributed by atoms with van der Waals surface area (Å²) in [4.78, 5) is 24.7. The highest BCUT2D eigenvalue weighted by molar-refractivity contribution is 6.11. The number of amides is 1. The molecule has 1 saturated heterocycles. The molecule has 1 aliphatic heterocycles. The quantitative estimate of drug-likeness (QED) is 0.403. The van der Waals surface area contributed by atoms with Gasteiger partial charge in [0.25, 0.3) is 5.91 Å². The van der Waals surface area contributed by atoms with Crippen molar-refractivity contribution < 1.29 is 9.18 Å². The molecule has 4 aromatic heterocycles. The number of hydrogen-bond acceptors (Lipinski definition) is 6. The van der Waals surface area contributed by atoms with E-state index in [1.807, 2.05) is 12.1 Å². The van der Waals surface area contributed by atoms with Crippen LogP contribution in [-0.4, -0.2) is 56.3 Å². The van der Waals surface area contributed by atoms with Gasteiger partial charge in [0.1, 0.15) is 23.2 Å². The van der Waals surface area contributed by atoms with Crippen LogP contribution in [0, 0.1) is 5.92 Å². The van der Waals surface area contributed by atoms with Crippen molar-refractivity contribution in [2.24, 2.45) is 5.92 Å². The van der Waals surface area contributed by atoms with Gasteiger partial charge < -0.3 is 20.9 Å². The Morgan fingerprint density at radius 2 is 2.30 bits per heavy atom. The van der Waals surface area contributed by atoms with Gasteiger partial charge in [-0.1, -0.05) is 0 Å². The minimum absolute atomic E-state index is 0.0626. The average Bonchev–Trinajstić information content (AvgIpc) is 3.37. The minimum Gasteiger partial charge on any atom is -0.370 e. The van der Waals surface area contributed by atoms with Crippen LogP contribution < -0.4 is 16.0 Å². The molecule has 154 valence electrons. The number of anilines is 2. The van der Waals surface area contributed by atoms with Gasteiger partial charge in [-0.25, -0.2) is 18.9 Å². The molecule has 5 rings (SSSR count). The van der Waals surface area contributed by atoms with Crippen LogP contribution in [0.1, 0.15) is 16.8 Å². The van der Waals surface area contributed by atoms with Gasteiger partial charge in [0.15, 0.2) is 5.65 Å². The van der Waals surface area contributed by atoms with E-state index in [9.17, 15) is 9.18 Å². The van der Waals surface area contributed by atoms with Crippen LogP contribution >= 0.6 is 0 Å². The van der Waals surface area contributed by atoms with Crippen molar-refractivity contribution in [3.8, 4) is 0 Å². The van der Waals surface area contributed by atoms with E-state index in [-0.39, 0.29) is 11.8 Å². The number of carbonyl (C=O) groups is 1. The number of piperidine rings is 1. The molecule has 0 radical (unpaired) electrons. The number of fused-ring (bicyclic) bond motifs is 2. The van der Waals surface area contributed by atoms with Crippen LogP contribution in [0.5, 0.6) is 0 Å². The Bertz CT molecular complexity index is 1200. The first kappa shape index (κ1) is 18.5. The molecule has 5 heterocycles. The zero-order valence-corrected chi connectivity index (χ0v) is 16.1. The Morgan fingerprint density at radius 3 is 3.20 bits per heavy atom. The summed E-state index contributed by atoms with van der Waals surface area (Å²) in [6, 6.07) is 5.45. The van der Waals surface area contributed by atoms with Crippen molar-refractivity contribution in [2.45, 2.75) is 12.6 Å². The number of hydrogen-bond donors (Lipinski definition) is 4. The zero-order chi connectivity index (χ0) is 20.5. The van der Waals surface area contributed by atoms with Crippen LogP contribution in [0.4, 0.5) is 15.9 Å². The Morgan fingerprint density at radius 1 is 1.37 bits per heavy atom.